The predicted molar refractivity (Wildman–Crippen MR) is 92.3 cm³/mol. The average Bonchev–Trinajstić information content (AvgIpc) is 2.82. The fourth-order valence-electron chi connectivity index (χ4n) is 3.10. The molecule has 3 rings (SSSR count). The Morgan fingerprint density at radius 2 is 2.29 bits per heavy atom. The first-order valence-electron chi connectivity index (χ1n) is 8.24. The second-order valence-electron chi connectivity index (χ2n) is 5.74. The van der Waals surface area contributed by atoms with Gasteiger partial charge in [-0.1, -0.05) is 13.3 Å². The molecule has 1 fully saturated rings. The number of aryl methyl sites for hydroxylation is 1. The fraction of sp³-hybridized carbons (Fsp3) is 0.562. The third-order valence-electron chi connectivity index (χ3n) is 4.33. The van der Waals surface area contributed by atoms with E-state index in [9.17, 15) is 0 Å². The summed E-state index contributed by atoms with van der Waals surface area (Å²) in [5.41, 5.74) is 7.93. The summed E-state index contributed by atoms with van der Waals surface area (Å²) in [6, 6.07) is 2.81. The van der Waals surface area contributed by atoms with E-state index >= 15 is 0 Å². The SMILES string of the molecule is [3H]c1sc2nc(N3CCC(NC)CC3)cc(CCC)c2c1N. The van der Waals surface area contributed by atoms with Gasteiger partial charge in [0.25, 0.3) is 0 Å². The first-order valence-corrected chi connectivity index (χ1v) is 8.56. The molecule has 0 radical (unpaired) electrons. The maximum atomic E-state index is 7.97. The van der Waals surface area contributed by atoms with Crippen molar-refractivity contribution < 1.29 is 1.37 Å². The molecule has 0 aliphatic carbocycles. The molecule has 2 aromatic heterocycles. The number of hydrogen-bond acceptors (Lipinski definition) is 5. The van der Waals surface area contributed by atoms with Gasteiger partial charge in [0.05, 0.1) is 7.06 Å². The monoisotopic (exact) mass is 306 g/mol. The Hall–Kier alpha value is -1.33. The number of hydrogen-bond donors (Lipinski definition) is 2. The van der Waals surface area contributed by atoms with Crippen LogP contribution in [0.1, 0.15) is 33.1 Å². The molecular formula is C16H24N4S. The van der Waals surface area contributed by atoms with Crippen molar-refractivity contribution >= 4 is 33.1 Å². The van der Waals surface area contributed by atoms with E-state index in [4.69, 9.17) is 12.1 Å². The van der Waals surface area contributed by atoms with E-state index in [1.807, 2.05) is 7.05 Å². The van der Waals surface area contributed by atoms with Crippen LogP contribution in [-0.2, 0) is 6.42 Å². The molecule has 3 heterocycles. The Balaban J connectivity index is 1.97. The van der Waals surface area contributed by atoms with E-state index in [1.54, 1.807) is 0 Å². The summed E-state index contributed by atoms with van der Waals surface area (Å²) in [7, 11) is 2.04. The summed E-state index contributed by atoms with van der Waals surface area (Å²) in [5, 5.41) is 4.80. The van der Waals surface area contributed by atoms with Crippen LogP contribution in [0, 0.1) is 0 Å². The van der Waals surface area contributed by atoms with Gasteiger partial charge in [-0.3, -0.25) is 0 Å². The first-order chi connectivity index (χ1) is 10.6. The number of aromatic nitrogens is 1. The standard InChI is InChI=1S/C16H24N4S/c1-3-4-11-9-14(19-16-15(11)13(17)10-21-16)20-7-5-12(18-2)6-8-20/h9-10,12,18H,3-8,17H2,1-2H3/i10T. The smallest absolute Gasteiger partial charge is 0.130 e. The molecule has 0 saturated carbocycles. The number of nitrogens with one attached hydrogen (secondary N) is 1. The largest absolute Gasteiger partial charge is 0.397 e. The van der Waals surface area contributed by atoms with E-state index in [0.29, 0.717) is 17.1 Å². The minimum atomic E-state index is 0.436. The first kappa shape index (κ1) is 13.3. The van der Waals surface area contributed by atoms with Crippen LogP contribution in [0.4, 0.5) is 11.5 Å². The summed E-state index contributed by atoms with van der Waals surface area (Å²) in [5.74, 6) is 1.05. The van der Waals surface area contributed by atoms with Crippen LogP contribution < -0.4 is 16.0 Å². The zero-order valence-corrected chi connectivity index (χ0v) is 13.6. The van der Waals surface area contributed by atoms with Gasteiger partial charge in [-0.15, -0.1) is 11.3 Å². The molecule has 0 unspecified atom stereocenters. The van der Waals surface area contributed by atoms with Crippen molar-refractivity contribution in [3.8, 4) is 0 Å². The highest BCUT2D eigenvalue weighted by Gasteiger charge is 2.20. The fourth-order valence-corrected chi connectivity index (χ4v) is 3.89. The highest BCUT2D eigenvalue weighted by Crippen LogP contribution is 2.33. The Morgan fingerprint density at radius 1 is 1.52 bits per heavy atom. The lowest BCUT2D eigenvalue weighted by molar-refractivity contribution is 0.441. The molecule has 4 nitrogen and oxygen atoms in total. The number of thiophene rings is 1. The number of nitrogens with zero attached hydrogens (tertiary/aromatic N) is 2. The number of pyridine rings is 1. The van der Waals surface area contributed by atoms with E-state index in [1.165, 1.54) is 16.9 Å². The molecule has 1 saturated heterocycles. The summed E-state index contributed by atoms with van der Waals surface area (Å²) < 4.78 is 7.97. The normalized spacial score (nSPS) is 17.4. The van der Waals surface area contributed by atoms with Gasteiger partial charge in [0.15, 0.2) is 0 Å². The lowest BCUT2D eigenvalue weighted by Crippen LogP contribution is -2.41. The van der Waals surface area contributed by atoms with Gasteiger partial charge in [0, 0.05) is 29.9 Å². The van der Waals surface area contributed by atoms with Gasteiger partial charge >= 0.3 is 0 Å². The lowest BCUT2D eigenvalue weighted by atomic mass is 10.0. The molecule has 0 amide bonds. The van der Waals surface area contributed by atoms with E-state index < -0.39 is 0 Å². The predicted octanol–water partition coefficient (Wildman–Crippen LogP) is 3.02. The number of anilines is 2. The Morgan fingerprint density at radius 3 is 2.95 bits per heavy atom. The van der Waals surface area contributed by atoms with Crippen molar-refractivity contribution in [2.75, 3.05) is 30.8 Å². The zero-order valence-electron chi connectivity index (χ0n) is 13.8. The second-order valence-corrected chi connectivity index (χ2v) is 6.53. The van der Waals surface area contributed by atoms with Gasteiger partial charge in [0.1, 0.15) is 10.6 Å². The Kier molecular flexibility index (Phi) is 3.94. The molecule has 5 heteroatoms. The van der Waals surface area contributed by atoms with Crippen LogP contribution in [0.25, 0.3) is 10.2 Å². The molecule has 1 aliphatic heterocycles. The summed E-state index contributed by atoms with van der Waals surface area (Å²) in [6.45, 7) is 4.24. The van der Waals surface area contributed by atoms with Crippen LogP contribution in [0.15, 0.2) is 11.4 Å². The number of fused-ring (bicyclic) bond motifs is 1. The van der Waals surface area contributed by atoms with Crippen LogP contribution in [0.2, 0.25) is 0 Å². The maximum Gasteiger partial charge on any atom is 0.130 e. The third-order valence-corrected chi connectivity index (χ3v) is 5.14. The van der Waals surface area contributed by atoms with Crippen LogP contribution in [-0.4, -0.2) is 31.2 Å². The quantitative estimate of drug-likeness (QED) is 0.911. The van der Waals surface area contributed by atoms with Crippen LogP contribution in [0.5, 0.6) is 0 Å². The van der Waals surface area contributed by atoms with Gasteiger partial charge in [-0.25, -0.2) is 4.98 Å². The average molecular weight is 306 g/mol. The van der Waals surface area contributed by atoms with Crippen LogP contribution in [0.3, 0.4) is 0 Å². The minimum Gasteiger partial charge on any atom is -0.397 e. The topological polar surface area (TPSA) is 54.2 Å². The highest BCUT2D eigenvalue weighted by molar-refractivity contribution is 7.17. The van der Waals surface area contributed by atoms with Crippen molar-refractivity contribution in [3.05, 3.63) is 17.0 Å². The summed E-state index contributed by atoms with van der Waals surface area (Å²) in [4.78, 5) is 8.08. The van der Waals surface area contributed by atoms with Crippen LogP contribution >= 0.6 is 11.3 Å². The molecule has 21 heavy (non-hydrogen) atoms. The summed E-state index contributed by atoms with van der Waals surface area (Å²) in [6.07, 6.45) is 4.35. The van der Waals surface area contributed by atoms with Gasteiger partial charge in [-0.2, -0.15) is 0 Å². The molecule has 0 bridgehead atoms. The highest BCUT2D eigenvalue weighted by atomic mass is 32.1. The van der Waals surface area contributed by atoms with Crippen molar-refractivity contribution in [2.24, 2.45) is 0 Å². The third kappa shape index (κ3) is 2.85. The molecule has 0 atom stereocenters. The molecule has 2 aromatic rings. The van der Waals surface area contributed by atoms with Gasteiger partial charge < -0.3 is 16.0 Å². The minimum absolute atomic E-state index is 0.436. The Labute approximate surface area is 131 Å². The van der Waals surface area contributed by atoms with Crippen molar-refractivity contribution in [1.82, 2.24) is 10.3 Å². The maximum absolute atomic E-state index is 7.97. The molecule has 3 N–H and O–H groups in total. The summed E-state index contributed by atoms with van der Waals surface area (Å²) >= 11 is 1.39. The number of nitrogen functional groups attached to an aromatic ring is 1. The molecule has 0 aromatic carbocycles. The number of nitrogens with two attached hydrogens (primary N) is 1. The lowest BCUT2D eigenvalue weighted by Gasteiger charge is -2.32. The molecular weight excluding hydrogens is 280 g/mol. The van der Waals surface area contributed by atoms with E-state index in [0.717, 1.165) is 54.8 Å². The van der Waals surface area contributed by atoms with E-state index in [-0.39, 0.29) is 0 Å². The number of piperidine rings is 1. The van der Waals surface area contributed by atoms with Gasteiger partial charge in [0.2, 0.25) is 0 Å². The van der Waals surface area contributed by atoms with Gasteiger partial charge in [-0.05, 0) is 37.9 Å². The molecule has 114 valence electrons. The number of rotatable bonds is 4. The van der Waals surface area contributed by atoms with Crippen molar-refractivity contribution in [3.63, 3.8) is 0 Å². The zero-order chi connectivity index (χ0) is 15.7. The van der Waals surface area contributed by atoms with Crippen molar-refractivity contribution in [1.29, 1.82) is 0 Å². The second kappa shape index (κ2) is 6.20. The Bertz CT molecular complexity index is 662. The molecule has 0 spiro atoms. The van der Waals surface area contributed by atoms with Crippen molar-refractivity contribution in [2.45, 2.75) is 38.6 Å². The molecule has 1 aliphatic rings. The van der Waals surface area contributed by atoms with E-state index in [2.05, 4.69) is 23.2 Å².